The molecule has 1 amide bonds. The fourth-order valence-electron chi connectivity index (χ4n) is 4.25. The summed E-state index contributed by atoms with van der Waals surface area (Å²) in [6.07, 6.45) is 5.30. The molecule has 0 saturated carbocycles. The number of hydrogen-bond donors (Lipinski definition) is 1. The Bertz CT molecular complexity index is 1060. The van der Waals surface area contributed by atoms with Crippen LogP contribution in [0.2, 0.25) is 0 Å². The minimum absolute atomic E-state index is 0.00736. The van der Waals surface area contributed by atoms with Crippen molar-refractivity contribution in [2.75, 3.05) is 11.1 Å². The first kappa shape index (κ1) is 22.1. The maximum absolute atomic E-state index is 12.7. The van der Waals surface area contributed by atoms with Crippen LogP contribution in [-0.2, 0) is 37.5 Å². The number of aromatic nitrogens is 3. The lowest BCUT2D eigenvalue weighted by atomic mass is 9.88. The van der Waals surface area contributed by atoms with E-state index in [1.165, 1.54) is 51.7 Å². The standard InChI is InChI=1S/C24H30N4OS2/c1-5-16-8-7-9-17(6-2)22(16)25-21(29)14-31-24-27-26-23(28(24)4)19-13-30-20-12-15(3)10-11-18(19)20/h7-9,13,15H,5-6,10-12,14H2,1-4H3,(H,25,29)/t15-/m1/s1. The van der Waals surface area contributed by atoms with E-state index in [4.69, 9.17) is 0 Å². The molecule has 4 rings (SSSR count). The fourth-order valence-corrected chi connectivity index (χ4v) is 6.20. The summed E-state index contributed by atoms with van der Waals surface area (Å²) in [5, 5.41) is 15.0. The van der Waals surface area contributed by atoms with Crippen LogP contribution in [-0.4, -0.2) is 26.4 Å². The maximum Gasteiger partial charge on any atom is 0.234 e. The normalized spacial score (nSPS) is 15.7. The van der Waals surface area contributed by atoms with Crippen LogP contribution in [0, 0.1) is 5.92 Å². The van der Waals surface area contributed by atoms with Gasteiger partial charge in [-0.15, -0.1) is 21.5 Å². The second-order valence-electron chi connectivity index (χ2n) is 8.26. The smallest absolute Gasteiger partial charge is 0.234 e. The van der Waals surface area contributed by atoms with Gasteiger partial charge in [-0.3, -0.25) is 4.79 Å². The van der Waals surface area contributed by atoms with Gasteiger partial charge in [0.25, 0.3) is 0 Å². The van der Waals surface area contributed by atoms with E-state index in [0.29, 0.717) is 5.75 Å². The van der Waals surface area contributed by atoms with Crippen molar-refractivity contribution in [3.8, 4) is 11.4 Å². The molecule has 1 aromatic carbocycles. The van der Waals surface area contributed by atoms with Gasteiger partial charge in [-0.25, -0.2) is 0 Å². The number of anilines is 1. The molecule has 0 spiro atoms. The molecule has 2 aromatic heterocycles. The predicted octanol–water partition coefficient (Wildman–Crippen LogP) is 5.52. The number of nitrogens with zero attached hydrogens (tertiary/aromatic N) is 3. The minimum atomic E-state index is -0.00736. The Hall–Kier alpha value is -2.12. The van der Waals surface area contributed by atoms with E-state index in [-0.39, 0.29) is 5.91 Å². The number of amides is 1. The lowest BCUT2D eigenvalue weighted by Crippen LogP contribution is -2.17. The molecule has 5 nitrogen and oxygen atoms in total. The van der Waals surface area contributed by atoms with Gasteiger partial charge >= 0.3 is 0 Å². The number of rotatable bonds is 7. The molecule has 7 heteroatoms. The van der Waals surface area contributed by atoms with Gasteiger partial charge < -0.3 is 9.88 Å². The van der Waals surface area contributed by atoms with Gasteiger partial charge in [-0.05, 0) is 54.7 Å². The SMILES string of the molecule is CCc1cccc(CC)c1NC(=O)CSc1nnc(-c2csc3c2CC[C@@H](C)C3)n1C. The molecule has 1 N–H and O–H groups in total. The highest BCUT2D eigenvalue weighted by atomic mass is 32.2. The van der Waals surface area contributed by atoms with Crippen molar-refractivity contribution in [2.45, 2.75) is 58.0 Å². The summed E-state index contributed by atoms with van der Waals surface area (Å²) in [6.45, 7) is 6.56. The number of aryl methyl sites for hydroxylation is 2. The summed E-state index contributed by atoms with van der Waals surface area (Å²) in [5.74, 6) is 1.97. The number of hydrogen-bond acceptors (Lipinski definition) is 5. The maximum atomic E-state index is 12.7. The average molecular weight is 455 g/mol. The Morgan fingerprint density at radius 2 is 2.00 bits per heavy atom. The van der Waals surface area contributed by atoms with Crippen LogP contribution in [0.3, 0.4) is 0 Å². The third-order valence-corrected chi connectivity index (χ3v) is 8.14. The summed E-state index contributed by atoms with van der Waals surface area (Å²) in [4.78, 5) is 14.2. The van der Waals surface area contributed by atoms with Gasteiger partial charge in [0.05, 0.1) is 5.75 Å². The first-order valence-corrected chi connectivity index (χ1v) is 12.9. The largest absolute Gasteiger partial charge is 0.325 e. The van der Waals surface area contributed by atoms with E-state index >= 15 is 0 Å². The van der Waals surface area contributed by atoms with Crippen LogP contribution in [0.15, 0.2) is 28.7 Å². The number of benzene rings is 1. The van der Waals surface area contributed by atoms with Crippen molar-refractivity contribution in [1.29, 1.82) is 0 Å². The molecule has 1 aliphatic rings. The minimum Gasteiger partial charge on any atom is -0.325 e. The van der Waals surface area contributed by atoms with Gasteiger partial charge in [0, 0.05) is 28.6 Å². The van der Waals surface area contributed by atoms with E-state index in [9.17, 15) is 4.79 Å². The Kier molecular flexibility index (Phi) is 6.82. The number of carbonyl (C=O) groups excluding carboxylic acids is 1. The Balaban J connectivity index is 1.45. The number of fused-ring (bicyclic) bond motifs is 1. The van der Waals surface area contributed by atoms with Crippen LogP contribution in [0.5, 0.6) is 0 Å². The van der Waals surface area contributed by atoms with E-state index in [2.05, 4.69) is 59.9 Å². The Morgan fingerprint density at radius 3 is 2.71 bits per heavy atom. The van der Waals surface area contributed by atoms with Gasteiger partial charge in [-0.1, -0.05) is 50.7 Å². The molecule has 1 atom stereocenters. The van der Waals surface area contributed by atoms with Crippen LogP contribution < -0.4 is 5.32 Å². The van der Waals surface area contributed by atoms with Crippen molar-refractivity contribution >= 4 is 34.7 Å². The zero-order valence-electron chi connectivity index (χ0n) is 18.7. The molecule has 0 fully saturated rings. The highest BCUT2D eigenvalue weighted by molar-refractivity contribution is 7.99. The molecule has 0 unspecified atom stereocenters. The zero-order chi connectivity index (χ0) is 22.0. The molecular weight excluding hydrogens is 424 g/mol. The molecule has 3 aromatic rings. The lowest BCUT2D eigenvalue weighted by Gasteiger charge is -2.18. The molecule has 0 aliphatic heterocycles. The van der Waals surface area contributed by atoms with E-state index in [1.807, 2.05) is 23.0 Å². The summed E-state index contributed by atoms with van der Waals surface area (Å²) in [6, 6.07) is 6.23. The zero-order valence-corrected chi connectivity index (χ0v) is 20.3. The highest BCUT2D eigenvalue weighted by Gasteiger charge is 2.24. The number of carbonyl (C=O) groups is 1. The summed E-state index contributed by atoms with van der Waals surface area (Å²) in [7, 11) is 1.99. The molecule has 0 radical (unpaired) electrons. The number of thiophene rings is 1. The van der Waals surface area contributed by atoms with Crippen LogP contribution in [0.1, 0.15) is 48.8 Å². The first-order chi connectivity index (χ1) is 15.0. The van der Waals surface area contributed by atoms with Crippen molar-refractivity contribution in [3.63, 3.8) is 0 Å². The molecule has 0 bridgehead atoms. The van der Waals surface area contributed by atoms with Crippen molar-refractivity contribution in [1.82, 2.24) is 14.8 Å². The Morgan fingerprint density at radius 1 is 1.26 bits per heavy atom. The lowest BCUT2D eigenvalue weighted by molar-refractivity contribution is -0.113. The average Bonchev–Trinajstić information content (AvgIpc) is 3.34. The molecule has 1 aliphatic carbocycles. The van der Waals surface area contributed by atoms with Gasteiger partial charge in [0.1, 0.15) is 0 Å². The second kappa shape index (κ2) is 9.57. The quantitative estimate of drug-likeness (QED) is 0.477. The number of para-hydroxylation sites is 1. The topological polar surface area (TPSA) is 59.8 Å². The van der Waals surface area contributed by atoms with Crippen LogP contribution in [0.4, 0.5) is 5.69 Å². The molecule has 0 saturated heterocycles. The highest BCUT2D eigenvalue weighted by Crippen LogP contribution is 2.38. The Labute approximate surface area is 192 Å². The fraction of sp³-hybridized carbons (Fsp3) is 0.458. The molecular formula is C24H30N4OS2. The third-order valence-electron chi connectivity index (χ3n) is 6.07. The van der Waals surface area contributed by atoms with E-state index in [1.54, 1.807) is 0 Å². The second-order valence-corrected chi connectivity index (χ2v) is 10.2. The van der Waals surface area contributed by atoms with Crippen molar-refractivity contribution in [3.05, 3.63) is 45.1 Å². The van der Waals surface area contributed by atoms with Gasteiger partial charge in [0.15, 0.2) is 11.0 Å². The van der Waals surface area contributed by atoms with E-state index < -0.39 is 0 Å². The van der Waals surface area contributed by atoms with Crippen LogP contribution in [0.25, 0.3) is 11.4 Å². The van der Waals surface area contributed by atoms with Gasteiger partial charge in [-0.2, -0.15) is 0 Å². The van der Waals surface area contributed by atoms with E-state index in [0.717, 1.165) is 41.8 Å². The summed E-state index contributed by atoms with van der Waals surface area (Å²) >= 11 is 3.28. The van der Waals surface area contributed by atoms with Crippen LogP contribution >= 0.6 is 23.1 Å². The van der Waals surface area contributed by atoms with Crippen molar-refractivity contribution in [2.24, 2.45) is 13.0 Å². The number of nitrogens with one attached hydrogen (secondary N) is 1. The summed E-state index contributed by atoms with van der Waals surface area (Å²) in [5.41, 5.74) is 5.97. The number of thioether (sulfide) groups is 1. The predicted molar refractivity (Wildman–Crippen MR) is 130 cm³/mol. The van der Waals surface area contributed by atoms with Crippen molar-refractivity contribution < 1.29 is 4.79 Å². The van der Waals surface area contributed by atoms with Gasteiger partial charge in [0.2, 0.25) is 5.91 Å². The molecule has 164 valence electrons. The summed E-state index contributed by atoms with van der Waals surface area (Å²) < 4.78 is 2.02. The monoisotopic (exact) mass is 454 g/mol. The molecule has 2 heterocycles. The third kappa shape index (κ3) is 4.58. The first-order valence-electron chi connectivity index (χ1n) is 11.0. The molecule has 31 heavy (non-hydrogen) atoms.